The SMILES string of the molecule is CN(C)C1(CNC(=O)c2ccc(Cl)nc2)CCCC1. The third-order valence-electron chi connectivity index (χ3n) is 4.05. The van der Waals surface area contributed by atoms with Crippen LogP contribution in [0.1, 0.15) is 36.0 Å². The zero-order valence-corrected chi connectivity index (χ0v) is 12.2. The fraction of sp³-hybridized carbons (Fsp3) is 0.571. The molecule has 0 bridgehead atoms. The van der Waals surface area contributed by atoms with Crippen LogP contribution >= 0.6 is 11.6 Å². The Morgan fingerprint density at radius 1 is 1.42 bits per heavy atom. The predicted molar refractivity (Wildman–Crippen MR) is 76.5 cm³/mol. The van der Waals surface area contributed by atoms with Gasteiger partial charge in [-0.3, -0.25) is 4.79 Å². The van der Waals surface area contributed by atoms with Gasteiger partial charge < -0.3 is 10.2 Å². The Kier molecular flexibility index (Phi) is 4.42. The number of carbonyl (C=O) groups excluding carboxylic acids is 1. The van der Waals surface area contributed by atoms with Crippen LogP contribution in [0.15, 0.2) is 18.3 Å². The van der Waals surface area contributed by atoms with E-state index in [0.29, 0.717) is 17.3 Å². The lowest BCUT2D eigenvalue weighted by molar-refractivity contribution is 0.0899. The van der Waals surface area contributed by atoms with E-state index < -0.39 is 0 Å². The minimum atomic E-state index is -0.0858. The highest BCUT2D eigenvalue weighted by atomic mass is 35.5. The van der Waals surface area contributed by atoms with Gasteiger partial charge in [-0.05, 0) is 39.1 Å². The fourth-order valence-corrected chi connectivity index (χ4v) is 2.78. The van der Waals surface area contributed by atoms with Crippen LogP contribution in [0.2, 0.25) is 5.15 Å². The number of hydrogen-bond acceptors (Lipinski definition) is 3. The van der Waals surface area contributed by atoms with Crippen molar-refractivity contribution in [2.75, 3.05) is 20.6 Å². The molecule has 1 N–H and O–H groups in total. The standard InChI is InChI=1S/C14H20ClN3O/c1-18(2)14(7-3-4-8-14)10-17-13(19)11-5-6-12(15)16-9-11/h5-6,9H,3-4,7-8,10H2,1-2H3,(H,17,19). The van der Waals surface area contributed by atoms with E-state index in [2.05, 4.69) is 29.3 Å². The number of likely N-dealkylation sites (N-methyl/N-ethyl adjacent to an activating group) is 1. The molecule has 19 heavy (non-hydrogen) atoms. The lowest BCUT2D eigenvalue weighted by Crippen LogP contribution is -2.50. The predicted octanol–water partition coefficient (Wildman–Crippen LogP) is 2.34. The van der Waals surface area contributed by atoms with Crippen LogP contribution in [-0.2, 0) is 0 Å². The number of carbonyl (C=O) groups is 1. The molecule has 0 spiro atoms. The molecule has 0 unspecified atom stereocenters. The first-order valence-electron chi connectivity index (χ1n) is 6.61. The van der Waals surface area contributed by atoms with Gasteiger partial charge in [0.15, 0.2) is 0 Å². The summed E-state index contributed by atoms with van der Waals surface area (Å²) in [5, 5.41) is 3.42. The quantitative estimate of drug-likeness (QED) is 0.862. The minimum Gasteiger partial charge on any atom is -0.350 e. The van der Waals surface area contributed by atoms with Crippen molar-refractivity contribution < 1.29 is 4.79 Å². The highest BCUT2D eigenvalue weighted by Crippen LogP contribution is 2.33. The second kappa shape index (κ2) is 5.88. The molecule has 0 atom stereocenters. The van der Waals surface area contributed by atoms with E-state index >= 15 is 0 Å². The molecule has 0 aromatic carbocycles. The summed E-state index contributed by atoms with van der Waals surface area (Å²) in [6.07, 6.45) is 6.25. The number of aromatic nitrogens is 1. The highest BCUT2D eigenvalue weighted by Gasteiger charge is 2.36. The smallest absolute Gasteiger partial charge is 0.252 e. The molecule has 1 aliphatic carbocycles. The Morgan fingerprint density at radius 3 is 2.63 bits per heavy atom. The van der Waals surface area contributed by atoms with Gasteiger partial charge in [0, 0.05) is 18.3 Å². The molecule has 0 saturated heterocycles. The zero-order chi connectivity index (χ0) is 13.9. The number of rotatable bonds is 4. The Balaban J connectivity index is 1.97. The molecule has 1 fully saturated rings. The van der Waals surface area contributed by atoms with Crippen molar-refractivity contribution in [1.82, 2.24) is 15.2 Å². The fourth-order valence-electron chi connectivity index (χ4n) is 2.67. The summed E-state index contributed by atoms with van der Waals surface area (Å²) < 4.78 is 0. The lowest BCUT2D eigenvalue weighted by atomic mass is 9.96. The van der Waals surface area contributed by atoms with Gasteiger partial charge in [-0.15, -0.1) is 0 Å². The maximum absolute atomic E-state index is 12.1. The molecule has 1 heterocycles. The zero-order valence-electron chi connectivity index (χ0n) is 11.4. The van der Waals surface area contributed by atoms with Crippen LogP contribution in [-0.4, -0.2) is 42.0 Å². The van der Waals surface area contributed by atoms with Crippen LogP contribution in [0.25, 0.3) is 0 Å². The third kappa shape index (κ3) is 3.25. The molecule has 1 amide bonds. The summed E-state index contributed by atoms with van der Waals surface area (Å²) in [4.78, 5) is 18.2. The Hall–Kier alpha value is -1.13. The van der Waals surface area contributed by atoms with E-state index in [-0.39, 0.29) is 11.4 Å². The average molecular weight is 282 g/mol. The molecule has 5 heteroatoms. The van der Waals surface area contributed by atoms with E-state index in [9.17, 15) is 4.79 Å². The van der Waals surface area contributed by atoms with Crippen molar-refractivity contribution >= 4 is 17.5 Å². The van der Waals surface area contributed by atoms with Gasteiger partial charge in [0.2, 0.25) is 0 Å². The number of hydrogen-bond donors (Lipinski definition) is 1. The first-order chi connectivity index (χ1) is 9.03. The molecule has 0 aliphatic heterocycles. The number of nitrogens with one attached hydrogen (secondary N) is 1. The van der Waals surface area contributed by atoms with Gasteiger partial charge in [0.25, 0.3) is 5.91 Å². The minimum absolute atomic E-state index is 0.0858. The van der Waals surface area contributed by atoms with Gasteiger partial charge >= 0.3 is 0 Å². The van der Waals surface area contributed by atoms with Crippen molar-refractivity contribution in [2.24, 2.45) is 0 Å². The second-order valence-corrected chi connectivity index (χ2v) is 5.77. The van der Waals surface area contributed by atoms with Crippen molar-refractivity contribution in [3.05, 3.63) is 29.0 Å². The summed E-state index contributed by atoms with van der Waals surface area (Å²) in [5.74, 6) is -0.0858. The van der Waals surface area contributed by atoms with Gasteiger partial charge in [-0.2, -0.15) is 0 Å². The summed E-state index contributed by atoms with van der Waals surface area (Å²) in [6, 6.07) is 3.33. The van der Waals surface area contributed by atoms with Gasteiger partial charge in [-0.25, -0.2) is 4.98 Å². The number of amides is 1. The molecular formula is C14H20ClN3O. The monoisotopic (exact) mass is 281 g/mol. The molecule has 2 rings (SSSR count). The maximum atomic E-state index is 12.1. The molecule has 4 nitrogen and oxygen atoms in total. The number of halogens is 1. The van der Waals surface area contributed by atoms with Crippen LogP contribution in [0.3, 0.4) is 0 Å². The largest absolute Gasteiger partial charge is 0.350 e. The first-order valence-corrected chi connectivity index (χ1v) is 6.98. The maximum Gasteiger partial charge on any atom is 0.252 e. The molecule has 1 aromatic heterocycles. The van der Waals surface area contributed by atoms with Crippen molar-refractivity contribution in [2.45, 2.75) is 31.2 Å². The Bertz CT molecular complexity index is 439. The van der Waals surface area contributed by atoms with E-state index in [1.165, 1.54) is 19.0 Å². The number of pyridine rings is 1. The molecule has 104 valence electrons. The van der Waals surface area contributed by atoms with Crippen molar-refractivity contribution in [1.29, 1.82) is 0 Å². The van der Waals surface area contributed by atoms with E-state index in [0.717, 1.165) is 12.8 Å². The summed E-state index contributed by atoms with van der Waals surface area (Å²) >= 11 is 5.71. The van der Waals surface area contributed by atoms with Crippen LogP contribution in [0, 0.1) is 0 Å². The van der Waals surface area contributed by atoms with Crippen molar-refractivity contribution in [3.8, 4) is 0 Å². The topological polar surface area (TPSA) is 45.2 Å². The van der Waals surface area contributed by atoms with Crippen LogP contribution in [0.4, 0.5) is 0 Å². The molecular weight excluding hydrogens is 262 g/mol. The molecule has 1 saturated carbocycles. The highest BCUT2D eigenvalue weighted by molar-refractivity contribution is 6.29. The molecule has 1 aromatic rings. The first kappa shape index (κ1) is 14.3. The van der Waals surface area contributed by atoms with Gasteiger partial charge in [-0.1, -0.05) is 24.4 Å². The van der Waals surface area contributed by atoms with Gasteiger partial charge in [0.05, 0.1) is 5.56 Å². The average Bonchev–Trinajstić information content (AvgIpc) is 2.87. The molecule has 1 aliphatic rings. The normalized spacial score (nSPS) is 17.7. The summed E-state index contributed by atoms with van der Waals surface area (Å²) in [7, 11) is 4.17. The van der Waals surface area contributed by atoms with E-state index in [4.69, 9.17) is 11.6 Å². The van der Waals surface area contributed by atoms with E-state index in [1.807, 2.05) is 0 Å². The summed E-state index contributed by atoms with van der Waals surface area (Å²) in [5.41, 5.74) is 0.659. The van der Waals surface area contributed by atoms with Crippen LogP contribution < -0.4 is 5.32 Å². The molecule has 0 radical (unpaired) electrons. The Morgan fingerprint density at radius 2 is 2.11 bits per heavy atom. The van der Waals surface area contributed by atoms with Crippen molar-refractivity contribution in [3.63, 3.8) is 0 Å². The number of nitrogens with zero attached hydrogens (tertiary/aromatic N) is 2. The third-order valence-corrected chi connectivity index (χ3v) is 4.27. The van der Waals surface area contributed by atoms with Gasteiger partial charge in [0.1, 0.15) is 5.15 Å². The van der Waals surface area contributed by atoms with E-state index in [1.54, 1.807) is 12.1 Å². The second-order valence-electron chi connectivity index (χ2n) is 5.38. The van der Waals surface area contributed by atoms with Crippen LogP contribution in [0.5, 0.6) is 0 Å². The lowest BCUT2D eigenvalue weighted by Gasteiger charge is -2.36. The Labute approximate surface area is 119 Å². The summed E-state index contributed by atoms with van der Waals surface area (Å²) in [6.45, 7) is 0.682.